The van der Waals surface area contributed by atoms with E-state index in [-0.39, 0.29) is 11.8 Å². The summed E-state index contributed by atoms with van der Waals surface area (Å²) >= 11 is 0. The Kier molecular flexibility index (Phi) is 8.79. The molecule has 1 heterocycles. The minimum absolute atomic E-state index is 0.178. The van der Waals surface area contributed by atoms with Crippen LogP contribution in [0.3, 0.4) is 0 Å². The Morgan fingerprint density at radius 2 is 1.50 bits per heavy atom. The minimum atomic E-state index is -0.191. The van der Waals surface area contributed by atoms with Crippen LogP contribution in [0.15, 0.2) is 0 Å². The Morgan fingerprint density at radius 1 is 0.950 bits per heavy atom. The van der Waals surface area contributed by atoms with E-state index in [4.69, 9.17) is 0 Å². The number of aliphatic hydroxyl groups excluding tert-OH is 1. The van der Waals surface area contributed by atoms with Crippen molar-refractivity contribution in [3.8, 4) is 0 Å². The summed E-state index contributed by atoms with van der Waals surface area (Å²) in [4.78, 5) is 2.30. The van der Waals surface area contributed by atoms with Gasteiger partial charge in [-0.3, -0.25) is 4.90 Å². The van der Waals surface area contributed by atoms with E-state index in [9.17, 15) is 5.11 Å². The van der Waals surface area contributed by atoms with E-state index in [2.05, 4.69) is 25.7 Å². The van der Waals surface area contributed by atoms with E-state index in [0.717, 1.165) is 19.4 Å². The number of unbranched alkanes of at least 4 members (excludes halogenated alkanes) is 8. The number of rotatable bonds is 11. The van der Waals surface area contributed by atoms with E-state index >= 15 is 0 Å². The van der Waals surface area contributed by atoms with Gasteiger partial charge in [-0.25, -0.2) is 0 Å². The lowest BCUT2D eigenvalue weighted by molar-refractivity contribution is -0.0293. The van der Waals surface area contributed by atoms with Crippen molar-refractivity contribution in [3.05, 3.63) is 0 Å². The van der Waals surface area contributed by atoms with Crippen molar-refractivity contribution in [3.63, 3.8) is 0 Å². The average molecular weight is 283 g/mol. The smallest absolute Gasteiger partial charge is 0.107 e. The number of likely N-dealkylation sites (tertiary alicyclic amines) is 1. The predicted octanol–water partition coefficient (Wildman–Crippen LogP) is 5.10. The molecule has 0 bridgehead atoms. The van der Waals surface area contributed by atoms with Gasteiger partial charge < -0.3 is 5.11 Å². The number of hydrogen-bond acceptors (Lipinski definition) is 2. The molecule has 1 aliphatic rings. The zero-order valence-corrected chi connectivity index (χ0v) is 14.2. The number of hydrogen-bond donors (Lipinski definition) is 1. The molecule has 0 aromatic heterocycles. The first-order valence-corrected chi connectivity index (χ1v) is 9.03. The Labute approximate surface area is 126 Å². The third-order valence-corrected chi connectivity index (χ3v) is 4.89. The van der Waals surface area contributed by atoms with Crippen LogP contribution < -0.4 is 0 Å². The van der Waals surface area contributed by atoms with Gasteiger partial charge in [-0.2, -0.15) is 0 Å². The van der Waals surface area contributed by atoms with Crippen molar-refractivity contribution in [2.24, 2.45) is 0 Å². The lowest BCUT2D eigenvalue weighted by Gasteiger charge is -2.38. The molecule has 0 radical (unpaired) electrons. The van der Waals surface area contributed by atoms with E-state index in [0.29, 0.717) is 0 Å². The fourth-order valence-corrected chi connectivity index (χ4v) is 3.47. The number of nitrogens with zero attached hydrogens (tertiary/aromatic N) is 1. The molecule has 1 saturated heterocycles. The molecule has 1 fully saturated rings. The molecule has 20 heavy (non-hydrogen) atoms. The molecule has 1 atom stereocenters. The molecular formula is C18H37NO. The maximum absolute atomic E-state index is 9.99. The summed E-state index contributed by atoms with van der Waals surface area (Å²) in [5.74, 6) is 0. The second kappa shape index (κ2) is 9.78. The molecule has 1 N–H and O–H groups in total. The van der Waals surface area contributed by atoms with Crippen molar-refractivity contribution >= 4 is 0 Å². The van der Waals surface area contributed by atoms with Gasteiger partial charge in [-0.05, 0) is 33.1 Å². The summed E-state index contributed by atoms with van der Waals surface area (Å²) in [5, 5.41) is 9.99. The van der Waals surface area contributed by atoms with Crippen molar-refractivity contribution in [2.75, 3.05) is 6.54 Å². The van der Waals surface area contributed by atoms with Gasteiger partial charge in [0.15, 0.2) is 0 Å². The summed E-state index contributed by atoms with van der Waals surface area (Å²) < 4.78 is 0. The number of aliphatic hydroxyl groups is 1. The lowest BCUT2D eigenvalue weighted by Crippen LogP contribution is -2.46. The summed E-state index contributed by atoms with van der Waals surface area (Å²) in [6.07, 6.45) is 15.7. The van der Waals surface area contributed by atoms with Gasteiger partial charge in [0, 0.05) is 12.1 Å². The second-order valence-corrected chi connectivity index (χ2v) is 7.21. The summed E-state index contributed by atoms with van der Waals surface area (Å²) in [5.41, 5.74) is 0.178. The summed E-state index contributed by atoms with van der Waals surface area (Å²) in [6, 6.07) is 0. The standard InChI is InChI=1S/C18H37NO/c1-4-5-6-7-8-9-10-11-12-15-18(2,3)19-16-13-14-17(19)20/h17,20H,4-16H2,1-3H3. The van der Waals surface area contributed by atoms with Crippen LogP contribution in [-0.4, -0.2) is 28.3 Å². The quantitative estimate of drug-likeness (QED) is 0.533. The SMILES string of the molecule is CCCCCCCCCCCC(C)(C)N1CCCC1O. The fraction of sp³-hybridized carbons (Fsp3) is 1.00. The van der Waals surface area contributed by atoms with Crippen LogP contribution in [0, 0.1) is 0 Å². The molecule has 120 valence electrons. The van der Waals surface area contributed by atoms with Gasteiger partial charge in [0.25, 0.3) is 0 Å². The van der Waals surface area contributed by atoms with Gasteiger partial charge >= 0.3 is 0 Å². The van der Waals surface area contributed by atoms with Crippen molar-refractivity contribution in [1.82, 2.24) is 4.90 Å². The third kappa shape index (κ3) is 6.58. The van der Waals surface area contributed by atoms with Gasteiger partial charge in [0.1, 0.15) is 6.23 Å². The predicted molar refractivity (Wildman–Crippen MR) is 87.9 cm³/mol. The highest BCUT2D eigenvalue weighted by Crippen LogP contribution is 2.29. The summed E-state index contributed by atoms with van der Waals surface area (Å²) in [7, 11) is 0. The molecule has 0 spiro atoms. The Morgan fingerprint density at radius 3 is 2.00 bits per heavy atom. The summed E-state index contributed by atoms with van der Waals surface area (Å²) in [6.45, 7) is 7.95. The zero-order chi connectivity index (χ0) is 14.8. The first-order valence-electron chi connectivity index (χ1n) is 9.03. The van der Waals surface area contributed by atoms with Crippen LogP contribution in [0.4, 0.5) is 0 Å². The molecule has 0 aromatic carbocycles. The monoisotopic (exact) mass is 283 g/mol. The molecular weight excluding hydrogens is 246 g/mol. The minimum Gasteiger partial charge on any atom is -0.378 e. The van der Waals surface area contributed by atoms with Crippen LogP contribution in [0.25, 0.3) is 0 Å². The van der Waals surface area contributed by atoms with E-state index in [1.165, 1.54) is 64.2 Å². The van der Waals surface area contributed by atoms with Gasteiger partial charge in [-0.1, -0.05) is 64.7 Å². The first-order chi connectivity index (χ1) is 9.58. The van der Waals surface area contributed by atoms with Crippen LogP contribution in [-0.2, 0) is 0 Å². The molecule has 2 nitrogen and oxygen atoms in total. The highest BCUT2D eigenvalue weighted by Gasteiger charge is 2.34. The highest BCUT2D eigenvalue weighted by molar-refractivity contribution is 4.86. The van der Waals surface area contributed by atoms with E-state index in [1.807, 2.05) is 0 Å². The Bertz CT molecular complexity index is 240. The molecule has 0 aromatic rings. The van der Waals surface area contributed by atoms with Crippen LogP contribution >= 0.6 is 0 Å². The topological polar surface area (TPSA) is 23.5 Å². The fourth-order valence-electron chi connectivity index (χ4n) is 3.47. The zero-order valence-electron chi connectivity index (χ0n) is 14.2. The lowest BCUT2D eigenvalue weighted by atomic mass is 9.94. The Balaban J connectivity index is 2.00. The van der Waals surface area contributed by atoms with Crippen LogP contribution in [0.5, 0.6) is 0 Å². The molecule has 1 aliphatic heterocycles. The molecule has 0 aliphatic carbocycles. The third-order valence-electron chi connectivity index (χ3n) is 4.89. The van der Waals surface area contributed by atoms with Gasteiger partial charge in [0.05, 0.1) is 0 Å². The van der Waals surface area contributed by atoms with Crippen LogP contribution in [0.2, 0.25) is 0 Å². The molecule has 0 amide bonds. The highest BCUT2D eigenvalue weighted by atomic mass is 16.3. The van der Waals surface area contributed by atoms with Crippen molar-refractivity contribution in [1.29, 1.82) is 0 Å². The second-order valence-electron chi connectivity index (χ2n) is 7.21. The van der Waals surface area contributed by atoms with Gasteiger partial charge in [-0.15, -0.1) is 0 Å². The van der Waals surface area contributed by atoms with Crippen molar-refractivity contribution < 1.29 is 5.11 Å². The van der Waals surface area contributed by atoms with E-state index in [1.54, 1.807) is 0 Å². The maximum Gasteiger partial charge on any atom is 0.107 e. The Hall–Kier alpha value is -0.0800. The van der Waals surface area contributed by atoms with Gasteiger partial charge in [0.2, 0.25) is 0 Å². The normalized spacial score (nSPS) is 20.7. The maximum atomic E-state index is 9.99. The first kappa shape index (κ1) is 18.0. The van der Waals surface area contributed by atoms with E-state index < -0.39 is 0 Å². The molecule has 2 heteroatoms. The largest absolute Gasteiger partial charge is 0.378 e. The molecule has 1 rings (SSSR count). The van der Waals surface area contributed by atoms with Crippen molar-refractivity contribution in [2.45, 2.75) is 110 Å². The molecule has 0 saturated carbocycles. The van der Waals surface area contributed by atoms with Crippen LogP contribution in [0.1, 0.15) is 97.8 Å². The average Bonchev–Trinajstić information content (AvgIpc) is 2.84. The molecule has 1 unspecified atom stereocenters.